The molecule has 5 aromatic rings. The van der Waals surface area contributed by atoms with Crippen molar-refractivity contribution in [3.8, 4) is 17.2 Å². The van der Waals surface area contributed by atoms with Gasteiger partial charge in [0.25, 0.3) is 0 Å². The molecular weight excluding hydrogens is 653 g/mol. The van der Waals surface area contributed by atoms with Gasteiger partial charge in [0.2, 0.25) is 19.7 Å². The van der Waals surface area contributed by atoms with E-state index >= 15 is 0 Å². The van der Waals surface area contributed by atoms with Crippen LogP contribution in [0.3, 0.4) is 0 Å². The molecular formula is C41H42O6S2. The van der Waals surface area contributed by atoms with Crippen LogP contribution in [0.1, 0.15) is 69.1 Å². The summed E-state index contributed by atoms with van der Waals surface area (Å²) in [6.07, 6.45) is 4.86. The van der Waals surface area contributed by atoms with E-state index in [2.05, 4.69) is 6.92 Å². The zero-order valence-electron chi connectivity index (χ0n) is 28.3. The molecule has 0 saturated heterocycles. The van der Waals surface area contributed by atoms with Crippen LogP contribution in [0.25, 0.3) is 0 Å². The SMILES string of the molecule is Cc1ccc(S(=O)(=O)c2ccc(C(C)(C)Oc3cccc(Oc4ccc(S(=O)(=O)c5ccc(C6CCCCC6C)cc5)cc4)c3)cc2)cc1. The summed E-state index contributed by atoms with van der Waals surface area (Å²) in [7, 11) is -7.31. The molecule has 5 aromatic carbocycles. The van der Waals surface area contributed by atoms with Crippen molar-refractivity contribution in [1.29, 1.82) is 0 Å². The van der Waals surface area contributed by atoms with Crippen LogP contribution in [-0.2, 0) is 25.3 Å². The Hall–Kier alpha value is -4.40. The maximum absolute atomic E-state index is 13.4. The monoisotopic (exact) mass is 694 g/mol. The maximum Gasteiger partial charge on any atom is 0.206 e. The molecule has 6 rings (SSSR count). The van der Waals surface area contributed by atoms with Crippen LogP contribution < -0.4 is 9.47 Å². The lowest BCUT2D eigenvalue weighted by Gasteiger charge is -2.29. The molecule has 0 aliphatic heterocycles. The van der Waals surface area contributed by atoms with Crippen LogP contribution in [0.5, 0.6) is 17.2 Å². The van der Waals surface area contributed by atoms with Gasteiger partial charge in [-0.25, -0.2) is 16.8 Å². The maximum atomic E-state index is 13.4. The van der Waals surface area contributed by atoms with E-state index < -0.39 is 25.3 Å². The third kappa shape index (κ3) is 7.61. The van der Waals surface area contributed by atoms with Crippen LogP contribution in [0.4, 0.5) is 0 Å². The summed E-state index contributed by atoms with van der Waals surface area (Å²) in [5.41, 5.74) is 2.23. The Morgan fingerprint density at radius 1 is 0.592 bits per heavy atom. The molecule has 2 atom stereocenters. The predicted octanol–water partition coefficient (Wildman–Crippen LogP) is 10.1. The first-order chi connectivity index (χ1) is 23.3. The molecule has 8 heteroatoms. The third-order valence-electron chi connectivity index (χ3n) is 9.47. The fourth-order valence-corrected chi connectivity index (χ4v) is 9.03. The van der Waals surface area contributed by atoms with Gasteiger partial charge in [-0.05, 0) is 123 Å². The first-order valence-corrected chi connectivity index (χ1v) is 19.6. The number of rotatable bonds is 10. The second-order valence-electron chi connectivity index (χ2n) is 13.4. The summed E-state index contributed by atoms with van der Waals surface area (Å²) < 4.78 is 65.5. The Balaban J connectivity index is 1.11. The lowest BCUT2D eigenvalue weighted by Crippen LogP contribution is -2.25. The molecule has 0 heterocycles. The molecule has 0 aromatic heterocycles. The number of benzene rings is 5. The van der Waals surface area contributed by atoms with Gasteiger partial charge in [-0.1, -0.05) is 74.2 Å². The Labute approximate surface area is 290 Å². The normalized spacial score (nSPS) is 17.0. The summed E-state index contributed by atoms with van der Waals surface area (Å²) in [5.74, 6) is 2.67. The van der Waals surface area contributed by atoms with Gasteiger partial charge in [-0.15, -0.1) is 0 Å². The molecule has 1 aliphatic rings. The molecule has 0 spiro atoms. The van der Waals surface area contributed by atoms with Gasteiger partial charge < -0.3 is 9.47 Å². The molecule has 2 unspecified atom stereocenters. The second kappa shape index (κ2) is 13.8. The molecule has 1 fully saturated rings. The molecule has 1 aliphatic carbocycles. The molecule has 254 valence electrons. The minimum atomic E-state index is -3.68. The Kier molecular flexibility index (Phi) is 9.74. The van der Waals surface area contributed by atoms with E-state index in [-0.39, 0.29) is 19.6 Å². The molecule has 0 N–H and O–H groups in total. The summed E-state index contributed by atoms with van der Waals surface area (Å²) in [4.78, 5) is 0.953. The number of aryl methyl sites for hydroxylation is 1. The van der Waals surface area contributed by atoms with Crippen molar-refractivity contribution in [1.82, 2.24) is 0 Å². The highest BCUT2D eigenvalue weighted by molar-refractivity contribution is 7.91. The van der Waals surface area contributed by atoms with Crippen LogP contribution in [0.2, 0.25) is 0 Å². The Morgan fingerprint density at radius 2 is 1.08 bits per heavy atom. The van der Waals surface area contributed by atoms with Crippen LogP contribution in [-0.4, -0.2) is 16.8 Å². The van der Waals surface area contributed by atoms with E-state index in [9.17, 15) is 16.8 Å². The lowest BCUT2D eigenvalue weighted by molar-refractivity contribution is 0.108. The van der Waals surface area contributed by atoms with Crippen molar-refractivity contribution >= 4 is 19.7 Å². The third-order valence-corrected chi connectivity index (χ3v) is 13.0. The van der Waals surface area contributed by atoms with Crippen LogP contribution in [0, 0.1) is 12.8 Å². The average molecular weight is 695 g/mol. The first kappa shape index (κ1) is 34.5. The van der Waals surface area contributed by atoms with Gasteiger partial charge >= 0.3 is 0 Å². The Morgan fingerprint density at radius 3 is 1.65 bits per heavy atom. The van der Waals surface area contributed by atoms with Gasteiger partial charge in [0.1, 0.15) is 22.8 Å². The molecule has 49 heavy (non-hydrogen) atoms. The number of sulfone groups is 2. The van der Waals surface area contributed by atoms with E-state index in [1.165, 1.54) is 24.8 Å². The van der Waals surface area contributed by atoms with Crippen LogP contribution in [0.15, 0.2) is 141 Å². The smallest absolute Gasteiger partial charge is 0.206 e. The van der Waals surface area contributed by atoms with E-state index in [0.29, 0.717) is 29.1 Å². The largest absolute Gasteiger partial charge is 0.483 e. The predicted molar refractivity (Wildman–Crippen MR) is 192 cm³/mol. The highest BCUT2D eigenvalue weighted by Gasteiger charge is 2.26. The number of hydrogen-bond acceptors (Lipinski definition) is 6. The van der Waals surface area contributed by atoms with Gasteiger partial charge in [-0.3, -0.25) is 0 Å². The van der Waals surface area contributed by atoms with Gasteiger partial charge in [0.15, 0.2) is 0 Å². The van der Waals surface area contributed by atoms with E-state index in [4.69, 9.17) is 9.47 Å². The number of ether oxygens (including phenoxy) is 2. The summed E-state index contributed by atoms with van der Waals surface area (Å²) >= 11 is 0. The van der Waals surface area contributed by atoms with E-state index in [1.54, 1.807) is 97.1 Å². The van der Waals surface area contributed by atoms with Crippen LogP contribution >= 0.6 is 0 Å². The second-order valence-corrected chi connectivity index (χ2v) is 17.3. The summed E-state index contributed by atoms with van der Waals surface area (Å²) in [5, 5.41) is 0. The topological polar surface area (TPSA) is 86.7 Å². The van der Waals surface area contributed by atoms with E-state index in [1.807, 2.05) is 45.0 Å². The molecule has 0 amide bonds. The minimum absolute atomic E-state index is 0.204. The standard InChI is InChI=1S/C41H42O6S2/c1-29-12-20-36(21-13-29)48(42,43)38-24-16-32(17-25-38)41(3,4)47-35-10-7-9-34(28-35)46-33-18-26-39(27-19-33)49(44,45)37-22-14-31(15-23-37)40-11-6-5-8-30(40)2/h7,9-10,12-28,30,40H,5-6,8,11H2,1-4H3. The van der Waals surface area contributed by atoms with Crippen molar-refractivity contribution in [3.05, 3.63) is 138 Å². The lowest BCUT2D eigenvalue weighted by atomic mass is 9.76. The molecule has 1 saturated carbocycles. The first-order valence-electron chi connectivity index (χ1n) is 16.7. The fraction of sp³-hybridized carbons (Fsp3) is 0.268. The van der Waals surface area contributed by atoms with Gasteiger partial charge in [0.05, 0.1) is 19.6 Å². The van der Waals surface area contributed by atoms with Gasteiger partial charge in [-0.2, -0.15) is 0 Å². The van der Waals surface area contributed by atoms with Crippen molar-refractivity contribution < 1.29 is 26.3 Å². The molecule has 6 nitrogen and oxygen atoms in total. The number of hydrogen-bond donors (Lipinski definition) is 0. The van der Waals surface area contributed by atoms with Crippen molar-refractivity contribution in [2.75, 3.05) is 0 Å². The van der Waals surface area contributed by atoms with Crippen molar-refractivity contribution in [2.24, 2.45) is 5.92 Å². The average Bonchev–Trinajstić information content (AvgIpc) is 3.09. The van der Waals surface area contributed by atoms with Crippen molar-refractivity contribution in [3.63, 3.8) is 0 Å². The Bertz CT molecular complexity index is 2120. The zero-order valence-corrected chi connectivity index (χ0v) is 29.9. The highest BCUT2D eigenvalue weighted by atomic mass is 32.2. The minimum Gasteiger partial charge on any atom is -0.483 e. The zero-order chi connectivity index (χ0) is 34.8. The molecule has 0 radical (unpaired) electrons. The summed E-state index contributed by atoms with van der Waals surface area (Å²) in [6.45, 7) is 8.02. The molecule has 0 bridgehead atoms. The highest BCUT2D eigenvalue weighted by Crippen LogP contribution is 2.38. The quantitative estimate of drug-likeness (QED) is 0.145. The summed E-state index contributed by atoms with van der Waals surface area (Å²) in [6, 6.07) is 34.6. The fourth-order valence-electron chi connectivity index (χ4n) is 6.51. The van der Waals surface area contributed by atoms with E-state index in [0.717, 1.165) is 17.5 Å². The van der Waals surface area contributed by atoms with Crippen molar-refractivity contribution in [2.45, 2.75) is 84.5 Å². The van der Waals surface area contributed by atoms with Gasteiger partial charge in [0, 0.05) is 6.07 Å².